The molecule has 0 unspecified atom stereocenters. The summed E-state index contributed by atoms with van der Waals surface area (Å²) in [5.74, 6) is -0.251. The van der Waals surface area contributed by atoms with Crippen molar-refractivity contribution in [1.82, 2.24) is 0 Å². The van der Waals surface area contributed by atoms with Crippen LogP contribution in [0.15, 0.2) is 18.2 Å². The number of ketones is 1. The molecule has 1 aromatic carbocycles. The Balaban J connectivity index is 3.12. The van der Waals surface area contributed by atoms with Gasteiger partial charge in [-0.1, -0.05) is 0 Å². The van der Waals surface area contributed by atoms with Gasteiger partial charge in [-0.25, -0.2) is 4.39 Å². The van der Waals surface area contributed by atoms with Gasteiger partial charge in [0.2, 0.25) is 0 Å². The second-order valence-electron chi connectivity index (χ2n) is 4.00. The zero-order chi connectivity index (χ0) is 11.6. The number of benzene rings is 1. The van der Waals surface area contributed by atoms with Gasteiger partial charge in [-0.05, 0) is 50.8 Å². The summed E-state index contributed by atoms with van der Waals surface area (Å²) in [6.07, 6.45) is 1.90. The minimum Gasteiger partial charge on any atom is -0.293 e. The van der Waals surface area contributed by atoms with Crippen molar-refractivity contribution >= 4 is 17.5 Å². The standard InChI is InChI=1S/C12H15FOS/c1-8-7-9(13)5-6-10(8)11(14)12(2,3)15-4/h5-7H,1-4H3. The van der Waals surface area contributed by atoms with Crippen LogP contribution in [0.5, 0.6) is 0 Å². The predicted octanol–water partition coefficient (Wildman–Crippen LogP) is 3.46. The van der Waals surface area contributed by atoms with Crippen LogP contribution in [0.25, 0.3) is 0 Å². The van der Waals surface area contributed by atoms with Gasteiger partial charge in [0.15, 0.2) is 5.78 Å². The molecule has 0 saturated carbocycles. The van der Waals surface area contributed by atoms with Gasteiger partial charge in [-0.15, -0.1) is 0 Å². The first-order chi connectivity index (χ1) is 6.88. The molecule has 0 bridgehead atoms. The Hall–Kier alpha value is -0.830. The predicted molar refractivity (Wildman–Crippen MR) is 63.1 cm³/mol. The Morgan fingerprint density at radius 3 is 2.47 bits per heavy atom. The van der Waals surface area contributed by atoms with Crippen LogP contribution in [-0.4, -0.2) is 16.8 Å². The number of carbonyl (C=O) groups excluding carboxylic acids is 1. The van der Waals surface area contributed by atoms with Crippen LogP contribution < -0.4 is 0 Å². The number of hydrogen-bond acceptors (Lipinski definition) is 2. The topological polar surface area (TPSA) is 17.1 Å². The molecule has 0 amide bonds. The Morgan fingerprint density at radius 2 is 2.00 bits per heavy atom. The van der Waals surface area contributed by atoms with E-state index >= 15 is 0 Å². The molecule has 1 rings (SSSR count). The van der Waals surface area contributed by atoms with Crippen LogP contribution >= 0.6 is 11.8 Å². The zero-order valence-corrected chi connectivity index (χ0v) is 10.2. The first kappa shape index (κ1) is 12.2. The summed E-state index contributed by atoms with van der Waals surface area (Å²) in [6, 6.07) is 4.28. The summed E-state index contributed by atoms with van der Waals surface area (Å²) in [7, 11) is 0. The zero-order valence-electron chi connectivity index (χ0n) is 9.43. The van der Waals surface area contributed by atoms with E-state index in [2.05, 4.69) is 0 Å². The first-order valence-electron chi connectivity index (χ1n) is 4.74. The van der Waals surface area contributed by atoms with Gasteiger partial charge in [0.25, 0.3) is 0 Å². The third-order valence-electron chi connectivity index (χ3n) is 2.49. The fourth-order valence-electron chi connectivity index (χ4n) is 1.30. The third-order valence-corrected chi connectivity index (χ3v) is 3.70. The van der Waals surface area contributed by atoms with Gasteiger partial charge in [0.05, 0.1) is 4.75 Å². The van der Waals surface area contributed by atoms with Crippen molar-refractivity contribution in [3.8, 4) is 0 Å². The molecule has 1 nitrogen and oxygen atoms in total. The van der Waals surface area contributed by atoms with Crippen molar-refractivity contribution in [3.05, 3.63) is 35.1 Å². The smallest absolute Gasteiger partial charge is 0.178 e. The van der Waals surface area contributed by atoms with Crippen molar-refractivity contribution in [3.63, 3.8) is 0 Å². The minimum absolute atomic E-state index is 0.0486. The Bertz CT molecular complexity index is 385. The molecule has 3 heteroatoms. The molecule has 0 aliphatic rings. The van der Waals surface area contributed by atoms with Gasteiger partial charge in [0, 0.05) is 5.56 Å². The highest BCUT2D eigenvalue weighted by Crippen LogP contribution is 2.27. The molecule has 15 heavy (non-hydrogen) atoms. The second-order valence-corrected chi connectivity index (χ2v) is 5.43. The van der Waals surface area contributed by atoms with E-state index < -0.39 is 4.75 Å². The summed E-state index contributed by atoms with van der Waals surface area (Å²) in [4.78, 5) is 12.1. The number of halogens is 1. The van der Waals surface area contributed by atoms with E-state index in [1.54, 1.807) is 13.0 Å². The van der Waals surface area contributed by atoms with Gasteiger partial charge < -0.3 is 0 Å². The van der Waals surface area contributed by atoms with Gasteiger partial charge >= 0.3 is 0 Å². The molecule has 0 atom stereocenters. The monoisotopic (exact) mass is 226 g/mol. The number of rotatable bonds is 3. The quantitative estimate of drug-likeness (QED) is 0.734. The molecule has 0 aromatic heterocycles. The Kier molecular flexibility index (Phi) is 3.55. The van der Waals surface area contributed by atoms with Gasteiger partial charge in [-0.3, -0.25) is 4.79 Å². The normalized spacial score (nSPS) is 11.5. The minimum atomic E-state index is -0.456. The van der Waals surface area contributed by atoms with Crippen LogP contribution in [0.3, 0.4) is 0 Å². The molecule has 82 valence electrons. The molecule has 0 saturated heterocycles. The average Bonchev–Trinajstić information content (AvgIpc) is 2.17. The van der Waals surface area contributed by atoms with E-state index in [9.17, 15) is 9.18 Å². The van der Waals surface area contributed by atoms with Crippen LogP contribution in [0.4, 0.5) is 4.39 Å². The number of Topliss-reactive ketones (excluding diaryl/α,β-unsaturated/α-hetero) is 1. The van der Waals surface area contributed by atoms with E-state index in [-0.39, 0.29) is 11.6 Å². The lowest BCUT2D eigenvalue weighted by molar-refractivity contribution is 0.0957. The lowest BCUT2D eigenvalue weighted by atomic mass is 9.96. The molecule has 0 aliphatic carbocycles. The SMILES string of the molecule is CSC(C)(C)C(=O)c1ccc(F)cc1C. The largest absolute Gasteiger partial charge is 0.293 e. The van der Waals surface area contributed by atoms with Crippen molar-refractivity contribution in [2.24, 2.45) is 0 Å². The van der Waals surface area contributed by atoms with Gasteiger partial charge in [-0.2, -0.15) is 11.8 Å². The molecule has 0 heterocycles. The Morgan fingerprint density at radius 1 is 1.40 bits per heavy atom. The summed E-state index contributed by atoms with van der Waals surface area (Å²) >= 11 is 1.50. The number of carbonyl (C=O) groups is 1. The average molecular weight is 226 g/mol. The maximum absolute atomic E-state index is 12.9. The van der Waals surface area contributed by atoms with Crippen LogP contribution in [0, 0.1) is 12.7 Å². The van der Waals surface area contributed by atoms with E-state index in [1.807, 2.05) is 20.1 Å². The molecule has 1 aromatic rings. The fourth-order valence-corrected chi connectivity index (χ4v) is 1.59. The maximum Gasteiger partial charge on any atom is 0.178 e. The van der Waals surface area contributed by atoms with Crippen molar-refractivity contribution < 1.29 is 9.18 Å². The van der Waals surface area contributed by atoms with E-state index in [0.29, 0.717) is 11.1 Å². The van der Waals surface area contributed by atoms with Crippen molar-refractivity contribution in [2.75, 3.05) is 6.26 Å². The highest BCUT2D eigenvalue weighted by atomic mass is 32.2. The van der Waals surface area contributed by atoms with E-state index in [0.717, 1.165) is 0 Å². The van der Waals surface area contributed by atoms with Crippen molar-refractivity contribution in [2.45, 2.75) is 25.5 Å². The molecular weight excluding hydrogens is 211 g/mol. The van der Waals surface area contributed by atoms with Crippen LogP contribution in [0.1, 0.15) is 29.8 Å². The lowest BCUT2D eigenvalue weighted by Crippen LogP contribution is -2.28. The second kappa shape index (κ2) is 4.35. The molecule has 0 spiro atoms. The lowest BCUT2D eigenvalue weighted by Gasteiger charge is -2.21. The first-order valence-corrected chi connectivity index (χ1v) is 5.97. The Labute approximate surface area is 94.1 Å². The fraction of sp³-hybridized carbons (Fsp3) is 0.417. The summed E-state index contributed by atoms with van der Waals surface area (Å²) in [5.41, 5.74) is 1.30. The van der Waals surface area contributed by atoms with E-state index in [4.69, 9.17) is 0 Å². The molecule has 0 aliphatic heterocycles. The maximum atomic E-state index is 12.9. The summed E-state index contributed by atoms with van der Waals surface area (Å²) < 4.78 is 12.4. The number of thioether (sulfide) groups is 1. The molecule has 0 fully saturated rings. The number of aryl methyl sites for hydroxylation is 1. The highest BCUT2D eigenvalue weighted by molar-refractivity contribution is 8.00. The van der Waals surface area contributed by atoms with Crippen molar-refractivity contribution in [1.29, 1.82) is 0 Å². The molecule has 0 radical (unpaired) electrons. The summed E-state index contributed by atoms with van der Waals surface area (Å²) in [5, 5.41) is 0. The molecule has 0 N–H and O–H groups in total. The van der Waals surface area contributed by atoms with Gasteiger partial charge in [0.1, 0.15) is 5.82 Å². The van der Waals surface area contributed by atoms with Crippen LogP contribution in [0.2, 0.25) is 0 Å². The highest BCUT2D eigenvalue weighted by Gasteiger charge is 2.28. The van der Waals surface area contributed by atoms with Crippen LogP contribution in [-0.2, 0) is 0 Å². The van der Waals surface area contributed by atoms with E-state index in [1.165, 1.54) is 23.9 Å². The molecular formula is C12H15FOS. The summed E-state index contributed by atoms with van der Waals surface area (Å²) in [6.45, 7) is 5.51. The number of hydrogen-bond donors (Lipinski definition) is 0. The third kappa shape index (κ3) is 2.59.